The molecule has 1 heterocycles. The number of amides is 2. The number of nitrogens with one attached hydrogen (secondary N) is 1. The summed E-state index contributed by atoms with van der Waals surface area (Å²) in [6.45, 7) is 3.49. The standard InChI is InChI=1S/C10H17BN2O3/c1-7(14)9-5-3-4-6-13(9)10(16)11-12-8(2)15/h9,11H,3-6H2,1-2H3,(H,12,15). The van der Waals surface area contributed by atoms with Crippen LogP contribution in [0.4, 0.5) is 4.79 Å². The van der Waals surface area contributed by atoms with Crippen LogP contribution in [0.1, 0.15) is 33.1 Å². The van der Waals surface area contributed by atoms with E-state index in [0.717, 1.165) is 19.3 Å². The summed E-state index contributed by atoms with van der Waals surface area (Å²) in [5.41, 5.74) is 0. The smallest absolute Gasteiger partial charge is 0.343 e. The van der Waals surface area contributed by atoms with Crippen molar-refractivity contribution < 1.29 is 14.4 Å². The molecule has 1 aliphatic rings. The summed E-state index contributed by atoms with van der Waals surface area (Å²) in [5.74, 6) is -0.379. The summed E-state index contributed by atoms with van der Waals surface area (Å²) in [6, 6.07) is -0.296. The minimum absolute atomic E-state index is 0.0148. The van der Waals surface area contributed by atoms with E-state index in [-0.39, 0.29) is 31.0 Å². The predicted molar refractivity (Wildman–Crippen MR) is 61.4 cm³/mol. The maximum Gasteiger partial charge on any atom is 0.343 e. The van der Waals surface area contributed by atoms with E-state index in [1.165, 1.54) is 13.8 Å². The van der Waals surface area contributed by atoms with Crippen LogP contribution in [0.25, 0.3) is 0 Å². The molecule has 0 aliphatic carbocycles. The highest BCUT2D eigenvalue weighted by molar-refractivity contribution is 6.73. The first-order valence-electron chi connectivity index (χ1n) is 5.56. The number of ketones is 1. The van der Waals surface area contributed by atoms with Crippen molar-refractivity contribution in [2.24, 2.45) is 0 Å². The van der Waals surface area contributed by atoms with Gasteiger partial charge in [-0.1, -0.05) is 0 Å². The third kappa shape index (κ3) is 3.36. The molecule has 1 atom stereocenters. The molecule has 1 unspecified atom stereocenters. The van der Waals surface area contributed by atoms with E-state index in [0.29, 0.717) is 6.54 Å². The van der Waals surface area contributed by atoms with Gasteiger partial charge < -0.3 is 10.1 Å². The van der Waals surface area contributed by atoms with Crippen molar-refractivity contribution in [1.29, 1.82) is 0 Å². The number of rotatable bonds is 3. The largest absolute Gasteiger partial charge is 0.394 e. The van der Waals surface area contributed by atoms with Crippen molar-refractivity contribution in [2.75, 3.05) is 6.54 Å². The first kappa shape index (κ1) is 12.7. The van der Waals surface area contributed by atoms with Crippen molar-refractivity contribution in [3.63, 3.8) is 0 Å². The number of Topliss-reactive ketones (excluding diaryl/α,β-unsaturated/α-hetero) is 1. The second kappa shape index (κ2) is 5.68. The third-order valence-electron chi connectivity index (χ3n) is 2.78. The number of carbonyl (C=O) groups is 3. The van der Waals surface area contributed by atoms with Crippen LogP contribution in [0.5, 0.6) is 0 Å². The van der Waals surface area contributed by atoms with Gasteiger partial charge in [0.15, 0.2) is 11.6 Å². The minimum atomic E-state index is -0.296. The highest BCUT2D eigenvalue weighted by Gasteiger charge is 2.29. The number of nitrogens with zero attached hydrogens (tertiary/aromatic N) is 1. The van der Waals surface area contributed by atoms with Crippen LogP contribution in [0.2, 0.25) is 0 Å². The van der Waals surface area contributed by atoms with Crippen LogP contribution in [-0.2, 0) is 9.59 Å². The van der Waals surface area contributed by atoms with Gasteiger partial charge in [-0.15, -0.1) is 0 Å². The SMILES string of the molecule is CC(=O)NBC(=O)N1CCCCC1C(C)=O. The molecule has 1 N–H and O–H groups in total. The molecule has 0 radical (unpaired) electrons. The van der Waals surface area contributed by atoms with Gasteiger partial charge in [0.1, 0.15) is 0 Å². The monoisotopic (exact) mass is 224 g/mol. The molecule has 1 rings (SSSR count). The van der Waals surface area contributed by atoms with Crippen molar-refractivity contribution in [3.05, 3.63) is 0 Å². The van der Waals surface area contributed by atoms with Gasteiger partial charge in [-0.05, 0) is 26.2 Å². The quantitative estimate of drug-likeness (QED) is 0.688. The molecule has 0 aromatic rings. The molecule has 6 heteroatoms. The Hall–Kier alpha value is -1.33. The molecular formula is C10H17BN2O3. The Morgan fingerprint density at radius 2 is 1.94 bits per heavy atom. The lowest BCUT2D eigenvalue weighted by atomic mass is 9.88. The molecule has 0 aromatic heterocycles. The number of piperidine rings is 1. The topological polar surface area (TPSA) is 66.5 Å². The molecule has 0 bridgehead atoms. The van der Waals surface area contributed by atoms with E-state index in [1.807, 2.05) is 0 Å². The normalized spacial score (nSPS) is 20.1. The minimum Gasteiger partial charge on any atom is -0.394 e. The summed E-state index contributed by atoms with van der Waals surface area (Å²) in [5, 5.41) is 2.46. The van der Waals surface area contributed by atoms with Crippen molar-refractivity contribution in [3.8, 4) is 0 Å². The molecule has 1 saturated heterocycles. The van der Waals surface area contributed by atoms with E-state index in [9.17, 15) is 14.4 Å². The zero-order valence-corrected chi connectivity index (χ0v) is 9.78. The van der Waals surface area contributed by atoms with Gasteiger partial charge in [0.2, 0.25) is 5.91 Å². The third-order valence-corrected chi connectivity index (χ3v) is 2.78. The summed E-state index contributed by atoms with van der Waals surface area (Å²) in [7, 11) is -0.0148. The molecule has 1 fully saturated rings. The van der Waals surface area contributed by atoms with Crippen LogP contribution in [-0.4, -0.2) is 42.4 Å². The lowest BCUT2D eigenvalue weighted by Crippen LogP contribution is -2.51. The molecule has 0 aromatic carbocycles. The number of hydrogen-bond donors (Lipinski definition) is 1. The zero-order valence-electron chi connectivity index (χ0n) is 9.78. The summed E-state index contributed by atoms with van der Waals surface area (Å²) in [4.78, 5) is 35.4. The average Bonchev–Trinajstić information content (AvgIpc) is 2.25. The molecular weight excluding hydrogens is 207 g/mol. The number of likely N-dealkylation sites (tertiary alicyclic amines) is 1. The maximum atomic E-state index is 11.8. The Morgan fingerprint density at radius 1 is 1.25 bits per heavy atom. The van der Waals surface area contributed by atoms with Gasteiger partial charge in [-0.3, -0.25) is 14.4 Å². The fourth-order valence-electron chi connectivity index (χ4n) is 1.95. The Morgan fingerprint density at radius 3 is 2.50 bits per heavy atom. The highest BCUT2D eigenvalue weighted by Crippen LogP contribution is 2.17. The van der Waals surface area contributed by atoms with Crippen molar-refractivity contribution >= 4 is 24.9 Å². The Kier molecular flexibility index (Phi) is 4.52. The van der Waals surface area contributed by atoms with Crippen LogP contribution in [0.15, 0.2) is 0 Å². The number of carbonyl (C=O) groups excluding carboxylic acids is 3. The predicted octanol–water partition coefficient (Wildman–Crippen LogP) is 0.0375. The van der Waals surface area contributed by atoms with E-state index >= 15 is 0 Å². The zero-order chi connectivity index (χ0) is 12.1. The highest BCUT2D eigenvalue weighted by atomic mass is 16.2. The lowest BCUT2D eigenvalue weighted by molar-refractivity contribution is -0.122. The molecule has 5 nitrogen and oxygen atoms in total. The van der Waals surface area contributed by atoms with Gasteiger partial charge in [0.05, 0.1) is 6.04 Å². The van der Waals surface area contributed by atoms with E-state index < -0.39 is 0 Å². The van der Waals surface area contributed by atoms with Gasteiger partial charge in [0.25, 0.3) is 0 Å². The maximum absolute atomic E-state index is 11.8. The van der Waals surface area contributed by atoms with Gasteiger partial charge in [0, 0.05) is 13.5 Å². The van der Waals surface area contributed by atoms with Gasteiger partial charge >= 0.3 is 7.41 Å². The van der Waals surface area contributed by atoms with Crippen LogP contribution >= 0.6 is 0 Å². The van der Waals surface area contributed by atoms with Gasteiger partial charge in [-0.2, -0.15) is 0 Å². The summed E-state index contributed by atoms with van der Waals surface area (Å²) < 4.78 is 0. The summed E-state index contributed by atoms with van der Waals surface area (Å²) in [6.07, 6.45) is 2.64. The van der Waals surface area contributed by atoms with Crippen LogP contribution in [0, 0.1) is 0 Å². The summed E-state index contributed by atoms with van der Waals surface area (Å²) >= 11 is 0. The fraction of sp³-hybridized carbons (Fsp3) is 0.700. The first-order chi connectivity index (χ1) is 7.52. The molecule has 88 valence electrons. The second-order valence-electron chi connectivity index (χ2n) is 4.12. The second-order valence-corrected chi connectivity index (χ2v) is 4.12. The average molecular weight is 224 g/mol. The van der Waals surface area contributed by atoms with Crippen LogP contribution in [0.3, 0.4) is 0 Å². The lowest BCUT2D eigenvalue weighted by Gasteiger charge is -2.34. The first-order valence-corrected chi connectivity index (χ1v) is 5.56. The molecule has 16 heavy (non-hydrogen) atoms. The molecule has 2 amide bonds. The Bertz CT molecular complexity index is 306. The van der Waals surface area contributed by atoms with E-state index in [2.05, 4.69) is 5.23 Å². The molecule has 0 spiro atoms. The van der Waals surface area contributed by atoms with Crippen LogP contribution < -0.4 is 5.23 Å². The number of hydrogen-bond acceptors (Lipinski definition) is 3. The molecule has 1 aliphatic heterocycles. The Balaban J connectivity index is 2.57. The molecule has 0 saturated carbocycles. The van der Waals surface area contributed by atoms with Crippen molar-refractivity contribution in [2.45, 2.75) is 39.2 Å². The van der Waals surface area contributed by atoms with E-state index in [4.69, 9.17) is 0 Å². The Labute approximate surface area is 95.8 Å². The van der Waals surface area contributed by atoms with Crippen molar-refractivity contribution in [1.82, 2.24) is 10.1 Å². The fourth-order valence-corrected chi connectivity index (χ4v) is 1.95. The van der Waals surface area contributed by atoms with E-state index in [1.54, 1.807) is 4.90 Å². The van der Waals surface area contributed by atoms with Gasteiger partial charge in [-0.25, -0.2) is 0 Å².